The predicted molar refractivity (Wildman–Crippen MR) is 105 cm³/mol. The van der Waals surface area contributed by atoms with Crippen molar-refractivity contribution in [3.8, 4) is 5.75 Å². The minimum atomic E-state index is 0.102. The molecule has 0 atom stereocenters. The van der Waals surface area contributed by atoms with Crippen molar-refractivity contribution in [3.63, 3.8) is 0 Å². The van der Waals surface area contributed by atoms with E-state index in [4.69, 9.17) is 16.3 Å². The highest BCUT2D eigenvalue weighted by atomic mass is 35.5. The van der Waals surface area contributed by atoms with Crippen molar-refractivity contribution in [1.29, 1.82) is 0 Å². The Morgan fingerprint density at radius 3 is 2.77 bits per heavy atom. The second-order valence-corrected chi connectivity index (χ2v) is 6.65. The molecule has 5 nitrogen and oxygen atoms in total. The number of nitrogens with zero attached hydrogens (tertiary/aromatic N) is 2. The number of nitrogens with one attached hydrogen (secondary N) is 1. The van der Waals surface area contributed by atoms with Gasteiger partial charge in [-0.25, -0.2) is 4.98 Å². The summed E-state index contributed by atoms with van der Waals surface area (Å²) >= 11 is 6.07. The number of halogens is 1. The fraction of sp³-hybridized carbons (Fsp3) is 0.350. The number of aliphatic imine (C=N–C) groups is 1. The van der Waals surface area contributed by atoms with Gasteiger partial charge >= 0.3 is 0 Å². The molecule has 1 aromatic heterocycles. The van der Waals surface area contributed by atoms with Crippen molar-refractivity contribution in [1.82, 2.24) is 4.98 Å². The zero-order chi connectivity index (χ0) is 18.7. The maximum absolute atomic E-state index is 12.6. The lowest BCUT2D eigenvalue weighted by atomic mass is 10.1. The van der Waals surface area contributed by atoms with Crippen LogP contribution in [0.5, 0.6) is 5.75 Å². The second kappa shape index (κ2) is 7.87. The van der Waals surface area contributed by atoms with E-state index in [0.29, 0.717) is 28.7 Å². The molecular formula is C20H22ClN3O2. The molecule has 0 radical (unpaired) electrons. The standard InChI is InChI=1S/C20H22ClN3O2/c1-4-22-12(2)14-6-5-7-16(20(14)26-3)24-17-10-18(21)23-11-15(17)19(25)13-8-9-13/h5-7,10-11,13H,4,8-9H2,1-3H3,(H,23,24). The Kier molecular flexibility index (Phi) is 5.57. The number of para-hydroxylation sites is 1. The number of hydrogen-bond donors (Lipinski definition) is 1. The molecule has 0 bridgehead atoms. The number of hydrogen-bond acceptors (Lipinski definition) is 5. The van der Waals surface area contributed by atoms with E-state index in [2.05, 4.69) is 15.3 Å². The second-order valence-electron chi connectivity index (χ2n) is 6.26. The van der Waals surface area contributed by atoms with Gasteiger partial charge in [0.05, 0.1) is 24.0 Å². The molecule has 1 heterocycles. The Morgan fingerprint density at radius 2 is 2.12 bits per heavy atom. The summed E-state index contributed by atoms with van der Waals surface area (Å²) in [6.07, 6.45) is 3.42. The van der Waals surface area contributed by atoms with E-state index < -0.39 is 0 Å². The highest BCUT2D eigenvalue weighted by Crippen LogP contribution is 2.37. The molecule has 6 heteroatoms. The summed E-state index contributed by atoms with van der Waals surface area (Å²) in [5.41, 5.74) is 3.76. The highest BCUT2D eigenvalue weighted by molar-refractivity contribution is 6.29. The zero-order valence-electron chi connectivity index (χ0n) is 15.2. The zero-order valence-corrected chi connectivity index (χ0v) is 15.9. The van der Waals surface area contributed by atoms with E-state index >= 15 is 0 Å². The van der Waals surface area contributed by atoms with Gasteiger partial charge in [0, 0.05) is 29.9 Å². The minimum absolute atomic E-state index is 0.102. The summed E-state index contributed by atoms with van der Waals surface area (Å²) in [4.78, 5) is 21.1. The summed E-state index contributed by atoms with van der Waals surface area (Å²) < 4.78 is 5.63. The molecule has 1 aliphatic carbocycles. The van der Waals surface area contributed by atoms with Crippen LogP contribution < -0.4 is 10.1 Å². The summed E-state index contributed by atoms with van der Waals surface area (Å²) in [6, 6.07) is 7.48. The molecule has 0 amide bonds. The molecule has 3 rings (SSSR count). The number of aromatic nitrogens is 1. The first-order valence-corrected chi connectivity index (χ1v) is 9.08. The number of carbonyl (C=O) groups is 1. The van der Waals surface area contributed by atoms with Gasteiger partial charge in [-0.15, -0.1) is 0 Å². The number of carbonyl (C=O) groups excluding carboxylic acids is 1. The van der Waals surface area contributed by atoms with E-state index in [-0.39, 0.29) is 11.7 Å². The first-order chi connectivity index (χ1) is 12.5. The Bertz CT molecular complexity index is 860. The molecule has 1 saturated carbocycles. The quantitative estimate of drug-likeness (QED) is 0.426. The van der Waals surface area contributed by atoms with Crippen LogP contribution in [0.25, 0.3) is 0 Å². The molecule has 0 aliphatic heterocycles. The normalized spacial score (nSPS) is 14.2. The fourth-order valence-electron chi connectivity index (χ4n) is 2.90. The van der Waals surface area contributed by atoms with Crippen molar-refractivity contribution >= 4 is 34.5 Å². The van der Waals surface area contributed by atoms with Crippen LogP contribution >= 0.6 is 11.6 Å². The van der Waals surface area contributed by atoms with Crippen LogP contribution in [0.4, 0.5) is 11.4 Å². The molecule has 1 N–H and O–H groups in total. The van der Waals surface area contributed by atoms with Gasteiger partial charge in [-0.2, -0.15) is 0 Å². The molecule has 1 aliphatic rings. The van der Waals surface area contributed by atoms with Gasteiger partial charge in [-0.3, -0.25) is 9.79 Å². The van der Waals surface area contributed by atoms with Gasteiger partial charge in [-0.05, 0) is 44.9 Å². The average Bonchev–Trinajstić information content (AvgIpc) is 3.46. The largest absolute Gasteiger partial charge is 0.494 e. The third-order valence-electron chi connectivity index (χ3n) is 4.36. The van der Waals surface area contributed by atoms with Gasteiger partial charge in [0.1, 0.15) is 5.15 Å². The summed E-state index contributed by atoms with van der Waals surface area (Å²) in [5, 5.41) is 3.64. The monoisotopic (exact) mass is 371 g/mol. The highest BCUT2D eigenvalue weighted by Gasteiger charge is 2.32. The van der Waals surface area contributed by atoms with E-state index in [1.807, 2.05) is 32.0 Å². The number of benzene rings is 1. The van der Waals surface area contributed by atoms with Crippen molar-refractivity contribution < 1.29 is 9.53 Å². The molecule has 1 fully saturated rings. The van der Waals surface area contributed by atoms with E-state index in [0.717, 1.165) is 29.8 Å². The first kappa shape index (κ1) is 18.4. The number of rotatable bonds is 7. The van der Waals surface area contributed by atoms with Crippen LogP contribution in [0.2, 0.25) is 5.15 Å². The summed E-state index contributed by atoms with van der Waals surface area (Å²) in [5.74, 6) is 0.890. The van der Waals surface area contributed by atoms with Crippen molar-refractivity contribution in [2.45, 2.75) is 26.7 Å². The van der Waals surface area contributed by atoms with Gasteiger partial charge in [0.25, 0.3) is 0 Å². The molecule has 1 aromatic carbocycles. The Morgan fingerprint density at radius 1 is 1.35 bits per heavy atom. The number of pyridine rings is 1. The van der Waals surface area contributed by atoms with Crippen molar-refractivity contribution in [3.05, 3.63) is 46.7 Å². The maximum Gasteiger partial charge on any atom is 0.169 e. The number of anilines is 2. The van der Waals surface area contributed by atoms with Crippen molar-refractivity contribution in [2.24, 2.45) is 10.9 Å². The summed E-state index contributed by atoms with van der Waals surface area (Å²) in [6.45, 7) is 4.65. The minimum Gasteiger partial charge on any atom is -0.494 e. The number of ketones is 1. The lowest BCUT2D eigenvalue weighted by molar-refractivity contribution is 0.0968. The first-order valence-electron chi connectivity index (χ1n) is 8.70. The lowest BCUT2D eigenvalue weighted by Gasteiger charge is -2.17. The van der Waals surface area contributed by atoms with Crippen LogP contribution in [0, 0.1) is 5.92 Å². The lowest BCUT2D eigenvalue weighted by Crippen LogP contribution is -2.08. The van der Waals surface area contributed by atoms with Gasteiger partial charge < -0.3 is 10.1 Å². The number of Topliss-reactive ketones (excluding diaryl/α,β-unsaturated/α-hetero) is 1. The molecule has 136 valence electrons. The van der Waals surface area contributed by atoms with Crippen molar-refractivity contribution in [2.75, 3.05) is 19.0 Å². The SMILES string of the molecule is CCN=C(C)c1cccc(Nc2cc(Cl)ncc2C(=O)C2CC2)c1OC. The Labute approximate surface area is 158 Å². The van der Waals surface area contributed by atoms with Crippen LogP contribution in [0.15, 0.2) is 35.5 Å². The van der Waals surface area contributed by atoms with Gasteiger partial charge in [0.2, 0.25) is 0 Å². The molecule has 2 aromatic rings. The number of ether oxygens (including phenoxy) is 1. The van der Waals surface area contributed by atoms with E-state index in [9.17, 15) is 4.79 Å². The summed E-state index contributed by atoms with van der Waals surface area (Å²) in [7, 11) is 1.62. The smallest absolute Gasteiger partial charge is 0.169 e. The molecular weight excluding hydrogens is 350 g/mol. The predicted octanol–water partition coefficient (Wildman–Crippen LogP) is 4.91. The molecule has 0 saturated heterocycles. The van der Waals surface area contributed by atoms with E-state index in [1.54, 1.807) is 19.4 Å². The topological polar surface area (TPSA) is 63.6 Å². The molecule has 0 spiro atoms. The average molecular weight is 372 g/mol. The Hall–Kier alpha value is -2.40. The third-order valence-corrected chi connectivity index (χ3v) is 4.56. The molecule has 26 heavy (non-hydrogen) atoms. The number of methoxy groups -OCH3 is 1. The van der Waals surface area contributed by atoms with E-state index in [1.165, 1.54) is 0 Å². The van der Waals surface area contributed by atoms with Gasteiger partial charge in [0.15, 0.2) is 11.5 Å². The molecule has 0 unspecified atom stereocenters. The van der Waals surface area contributed by atoms with Crippen LogP contribution in [0.3, 0.4) is 0 Å². The van der Waals surface area contributed by atoms with Crippen LogP contribution in [-0.4, -0.2) is 30.1 Å². The maximum atomic E-state index is 12.6. The Balaban J connectivity index is 2.01. The third kappa shape index (κ3) is 3.88. The fourth-order valence-corrected chi connectivity index (χ4v) is 3.06. The van der Waals surface area contributed by atoms with Crippen LogP contribution in [-0.2, 0) is 0 Å². The van der Waals surface area contributed by atoms with Gasteiger partial charge in [-0.1, -0.05) is 17.7 Å². The van der Waals surface area contributed by atoms with Crippen LogP contribution in [0.1, 0.15) is 42.6 Å².